The number of rotatable bonds is 6. The van der Waals surface area contributed by atoms with Crippen molar-refractivity contribution in [3.63, 3.8) is 0 Å². The Morgan fingerprint density at radius 2 is 1.97 bits per heavy atom. The van der Waals surface area contributed by atoms with Crippen molar-refractivity contribution in [2.45, 2.75) is 86.0 Å². The van der Waals surface area contributed by atoms with Gasteiger partial charge in [0, 0.05) is 5.41 Å². The largest absolute Gasteiger partial charge is 0.481 e. The van der Waals surface area contributed by atoms with Crippen LogP contribution in [0.25, 0.3) is 0 Å². The standard InChI is InChI=1S/C26H40O4/c1-7-24(4)14-11-19-18(15-24)9-10-20-25(5,12-8-13-26(19,20)6)17-30-21(27)16-23(2,3)22(28)29/h7,11,18,20H,1,8-10,12-17H2,2-6H3,(H,28,29)/t18?,20?,24-,25-,26-/m0/s1. The van der Waals surface area contributed by atoms with E-state index in [0.717, 1.165) is 19.3 Å². The maximum atomic E-state index is 12.4. The molecule has 0 saturated heterocycles. The maximum absolute atomic E-state index is 12.4. The lowest BCUT2D eigenvalue weighted by Gasteiger charge is -2.59. The number of fused-ring (bicyclic) bond motifs is 3. The summed E-state index contributed by atoms with van der Waals surface area (Å²) in [6.45, 7) is 14.7. The van der Waals surface area contributed by atoms with Crippen LogP contribution in [-0.2, 0) is 14.3 Å². The van der Waals surface area contributed by atoms with Crippen LogP contribution < -0.4 is 0 Å². The second-order valence-electron chi connectivity index (χ2n) is 11.7. The fourth-order valence-electron chi connectivity index (χ4n) is 6.65. The Morgan fingerprint density at radius 1 is 1.27 bits per heavy atom. The molecule has 168 valence electrons. The molecule has 0 aromatic carbocycles. The molecule has 2 saturated carbocycles. The zero-order valence-corrected chi connectivity index (χ0v) is 19.6. The van der Waals surface area contributed by atoms with Gasteiger partial charge < -0.3 is 9.84 Å². The highest BCUT2D eigenvalue weighted by molar-refractivity contribution is 5.81. The van der Waals surface area contributed by atoms with Gasteiger partial charge in [-0.1, -0.05) is 44.9 Å². The van der Waals surface area contributed by atoms with Crippen molar-refractivity contribution in [3.8, 4) is 0 Å². The summed E-state index contributed by atoms with van der Waals surface area (Å²) >= 11 is 0. The number of carbonyl (C=O) groups excluding carboxylic acids is 1. The van der Waals surface area contributed by atoms with E-state index in [1.54, 1.807) is 19.4 Å². The Balaban J connectivity index is 1.75. The number of esters is 1. The van der Waals surface area contributed by atoms with Crippen LogP contribution in [0, 0.1) is 33.5 Å². The maximum Gasteiger partial charge on any atom is 0.309 e. The van der Waals surface area contributed by atoms with Crippen LogP contribution in [0.1, 0.15) is 86.0 Å². The highest BCUT2D eigenvalue weighted by Gasteiger charge is 2.55. The zero-order chi connectivity index (χ0) is 22.4. The van der Waals surface area contributed by atoms with E-state index in [1.807, 2.05) is 0 Å². The number of carboxylic acids is 1. The molecule has 0 heterocycles. The average Bonchev–Trinajstić information content (AvgIpc) is 2.65. The van der Waals surface area contributed by atoms with Gasteiger partial charge in [0.15, 0.2) is 0 Å². The molecule has 3 rings (SSSR count). The van der Waals surface area contributed by atoms with Crippen molar-refractivity contribution >= 4 is 11.9 Å². The highest BCUT2D eigenvalue weighted by atomic mass is 16.5. The van der Waals surface area contributed by atoms with E-state index in [4.69, 9.17) is 4.74 Å². The van der Waals surface area contributed by atoms with Gasteiger partial charge in [-0.25, -0.2) is 0 Å². The second kappa shape index (κ2) is 7.84. The Hall–Kier alpha value is -1.58. The molecule has 5 atom stereocenters. The molecule has 3 aliphatic carbocycles. The van der Waals surface area contributed by atoms with Crippen LogP contribution in [0.4, 0.5) is 0 Å². The highest BCUT2D eigenvalue weighted by Crippen LogP contribution is 2.63. The molecule has 0 aromatic heterocycles. The SMILES string of the molecule is C=C[C@@]1(C)CC=C2C(CCC3[C@](C)(COC(=O)CC(C)(C)C(=O)O)CCC[C@@]23C)C1. The van der Waals surface area contributed by atoms with Crippen LogP contribution >= 0.6 is 0 Å². The fourth-order valence-corrected chi connectivity index (χ4v) is 6.65. The lowest BCUT2D eigenvalue weighted by Crippen LogP contribution is -2.51. The molecule has 4 nitrogen and oxygen atoms in total. The first-order valence-corrected chi connectivity index (χ1v) is 11.6. The smallest absolute Gasteiger partial charge is 0.309 e. The number of allylic oxidation sites excluding steroid dienone is 3. The van der Waals surface area contributed by atoms with Gasteiger partial charge in [0.1, 0.15) is 0 Å². The van der Waals surface area contributed by atoms with Crippen molar-refractivity contribution in [2.24, 2.45) is 33.5 Å². The fraction of sp³-hybridized carbons (Fsp3) is 0.769. The molecule has 0 spiro atoms. The van der Waals surface area contributed by atoms with Crippen molar-refractivity contribution < 1.29 is 19.4 Å². The molecular formula is C26H40O4. The first-order chi connectivity index (χ1) is 13.9. The molecule has 0 bridgehead atoms. The Morgan fingerprint density at radius 3 is 2.60 bits per heavy atom. The first-order valence-electron chi connectivity index (χ1n) is 11.6. The Labute approximate surface area is 182 Å². The monoisotopic (exact) mass is 416 g/mol. The molecule has 3 aliphatic rings. The number of carbonyl (C=O) groups is 2. The number of ether oxygens (including phenoxy) is 1. The summed E-state index contributed by atoms with van der Waals surface area (Å²) in [5.41, 5.74) is 0.873. The van der Waals surface area contributed by atoms with Gasteiger partial charge in [0.2, 0.25) is 0 Å². The van der Waals surface area contributed by atoms with Crippen molar-refractivity contribution in [1.82, 2.24) is 0 Å². The third-order valence-electron chi connectivity index (χ3n) is 8.68. The molecule has 0 amide bonds. The van der Waals surface area contributed by atoms with Crippen molar-refractivity contribution in [1.29, 1.82) is 0 Å². The molecule has 30 heavy (non-hydrogen) atoms. The van der Waals surface area contributed by atoms with E-state index in [-0.39, 0.29) is 22.7 Å². The molecule has 0 aromatic rings. The average molecular weight is 417 g/mol. The summed E-state index contributed by atoms with van der Waals surface area (Å²) < 4.78 is 5.72. The molecule has 0 aliphatic heterocycles. The third kappa shape index (κ3) is 4.11. The van der Waals surface area contributed by atoms with Crippen LogP contribution in [-0.4, -0.2) is 23.7 Å². The van der Waals surface area contributed by atoms with Gasteiger partial charge in [-0.05, 0) is 75.0 Å². The van der Waals surface area contributed by atoms with Gasteiger partial charge in [-0.15, -0.1) is 6.58 Å². The van der Waals surface area contributed by atoms with Crippen LogP contribution in [0.15, 0.2) is 24.3 Å². The second-order valence-corrected chi connectivity index (χ2v) is 11.7. The van der Waals surface area contributed by atoms with Crippen LogP contribution in [0.3, 0.4) is 0 Å². The van der Waals surface area contributed by atoms with E-state index in [9.17, 15) is 14.7 Å². The van der Waals surface area contributed by atoms with Gasteiger partial charge in [-0.3, -0.25) is 9.59 Å². The predicted molar refractivity (Wildman–Crippen MR) is 119 cm³/mol. The topological polar surface area (TPSA) is 63.6 Å². The first kappa shape index (κ1) is 23.1. The zero-order valence-electron chi connectivity index (χ0n) is 19.6. The molecule has 4 heteroatoms. The summed E-state index contributed by atoms with van der Waals surface area (Å²) in [4.78, 5) is 23.8. The quantitative estimate of drug-likeness (QED) is 0.416. The minimum Gasteiger partial charge on any atom is -0.481 e. The third-order valence-corrected chi connectivity index (χ3v) is 8.68. The normalized spacial score (nSPS) is 38.6. The summed E-state index contributed by atoms with van der Waals surface area (Å²) in [5, 5.41) is 9.29. The summed E-state index contributed by atoms with van der Waals surface area (Å²) in [6.07, 6.45) is 12.6. The summed E-state index contributed by atoms with van der Waals surface area (Å²) in [6, 6.07) is 0. The van der Waals surface area contributed by atoms with E-state index >= 15 is 0 Å². The number of carboxylic acid groups (broad SMARTS) is 1. The molecule has 0 radical (unpaired) electrons. The van der Waals surface area contributed by atoms with Crippen molar-refractivity contribution in [3.05, 3.63) is 24.3 Å². The van der Waals surface area contributed by atoms with Gasteiger partial charge >= 0.3 is 11.9 Å². The number of hydrogen-bond acceptors (Lipinski definition) is 3. The number of aliphatic carboxylic acids is 1. The molecule has 2 unspecified atom stereocenters. The van der Waals surface area contributed by atoms with Crippen molar-refractivity contribution in [2.75, 3.05) is 6.61 Å². The van der Waals surface area contributed by atoms with Crippen LogP contribution in [0.2, 0.25) is 0 Å². The van der Waals surface area contributed by atoms with Gasteiger partial charge in [0.05, 0.1) is 18.4 Å². The van der Waals surface area contributed by atoms with Crippen LogP contribution in [0.5, 0.6) is 0 Å². The Kier molecular flexibility index (Phi) is 6.03. The van der Waals surface area contributed by atoms with Gasteiger partial charge in [0.25, 0.3) is 0 Å². The van der Waals surface area contributed by atoms with E-state index in [1.165, 1.54) is 25.7 Å². The minimum absolute atomic E-state index is 0.0545. The van der Waals surface area contributed by atoms with E-state index < -0.39 is 17.4 Å². The van der Waals surface area contributed by atoms with E-state index in [0.29, 0.717) is 18.4 Å². The lowest BCUT2D eigenvalue weighted by molar-refractivity contribution is -0.161. The summed E-state index contributed by atoms with van der Waals surface area (Å²) in [5.74, 6) is -0.230. The Bertz CT molecular complexity index is 750. The lowest BCUT2D eigenvalue weighted by atomic mass is 9.46. The van der Waals surface area contributed by atoms with Gasteiger partial charge in [-0.2, -0.15) is 0 Å². The predicted octanol–water partition coefficient (Wildman–Crippen LogP) is 6.17. The molecular weight excluding hydrogens is 376 g/mol. The summed E-state index contributed by atoms with van der Waals surface area (Å²) in [7, 11) is 0. The number of hydrogen-bond donors (Lipinski definition) is 1. The molecule has 2 fully saturated rings. The van der Waals surface area contributed by atoms with E-state index in [2.05, 4.69) is 39.5 Å². The minimum atomic E-state index is -1.10. The molecule has 1 N–H and O–H groups in total.